The van der Waals surface area contributed by atoms with Crippen LogP contribution in [0.15, 0.2) is 0 Å². The molecule has 112 valence electrons. The number of ether oxygens (including phenoxy) is 1. The van der Waals surface area contributed by atoms with E-state index in [0.29, 0.717) is 18.4 Å². The number of nitrogens with one attached hydrogen (secondary N) is 2. The Morgan fingerprint density at radius 1 is 1.37 bits per heavy atom. The quantitative estimate of drug-likeness (QED) is 0.710. The van der Waals surface area contributed by atoms with Crippen molar-refractivity contribution in [1.29, 1.82) is 0 Å². The Kier molecular flexibility index (Phi) is 6.55. The number of hydrogen-bond donors (Lipinski definition) is 2. The summed E-state index contributed by atoms with van der Waals surface area (Å²) in [5.41, 5.74) is 0. The molecule has 2 unspecified atom stereocenters. The van der Waals surface area contributed by atoms with Gasteiger partial charge >= 0.3 is 16.3 Å². The minimum atomic E-state index is -3.84. The normalized spacial score (nSPS) is 23.6. The summed E-state index contributed by atoms with van der Waals surface area (Å²) >= 11 is 3.44. The van der Waals surface area contributed by atoms with Crippen LogP contribution in [-0.2, 0) is 14.9 Å². The highest BCUT2D eigenvalue weighted by molar-refractivity contribution is 9.09. The molecule has 0 saturated heterocycles. The van der Waals surface area contributed by atoms with E-state index in [1.165, 1.54) is 0 Å². The molecule has 1 amide bonds. The molecule has 2 atom stereocenters. The van der Waals surface area contributed by atoms with Gasteiger partial charge in [0.2, 0.25) is 0 Å². The molecule has 1 rings (SSSR count). The van der Waals surface area contributed by atoms with E-state index in [0.717, 1.165) is 24.6 Å². The fraction of sp³-hybridized carbons (Fsp3) is 0.909. The Morgan fingerprint density at radius 3 is 2.58 bits per heavy atom. The van der Waals surface area contributed by atoms with Crippen LogP contribution < -0.4 is 9.44 Å². The van der Waals surface area contributed by atoms with Crippen molar-refractivity contribution in [2.24, 2.45) is 11.8 Å². The van der Waals surface area contributed by atoms with E-state index in [9.17, 15) is 13.2 Å². The fourth-order valence-corrected chi connectivity index (χ4v) is 3.81. The van der Waals surface area contributed by atoms with Crippen LogP contribution in [0.25, 0.3) is 0 Å². The van der Waals surface area contributed by atoms with Crippen LogP contribution >= 0.6 is 15.9 Å². The van der Waals surface area contributed by atoms with Crippen molar-refractivity contribution in [3.05, 3.63) is 0 Å². The van der Waals surface area contributed by atoms with Crippen molar-refractivity contribution in [3.8, 4) is 0 Å². The highest BCUT2D eigenvalue weighted by Gasteiger charge is 2.27. The van der Waals surface area contributed by atoms with Crippen LogP contribution in [0, 0.1) is 11.8 Å². The molecule has 1 fully saturated rings. The molecule has 0 spiro atoms. The highest BCUT2D eigenvalue weighted by atomic mass is 79.9. The van der Waals surface area contributed by atoms with Crippen molar-refractivity contribution in [2.75, 3.05) is 11.9 Å². The molecular formula is C11H21BrN2O4S. The Morgan fingerprint density at radius 2 is 2.00 bits per heavy atom. The maximum absolute atomic E-state index is 11.6. The van der Waals surface area contributed by atoms with Gasteiger partial charge in [0, 0.05) is 11.9 Å². The summed E-state index contributed by atoms with van der Waals surface area (Å²) in [4.78, 5) is 11.2. The van der Waals surface area contributed by atoms with Crippen molar-refractivity contribution < 1.29 is 17.9 Å². The SMILES string of the molecule is CC(C)OC(=O)NS(=O)(=O)NCC1CCCC1CBr. The minimum Gasteiger partial charge on any atom is -0.446 e. The summed E-state index contributed by atoms with van der Waals surface area (Å²) in [7, 11) is -3.84. The Labute approximate surface area is 123 Å². The monoisotopic (exact) mass is 356 g/mol. The average Bonchev–Trinajstić information content (AvgIpc) is 2.71. The lowest BCUT2D eigenvalue weighted by Gasteiger charge is -2.18. The lowest BCUT2D eigenvalue weighted by atomic mass is 9.99. The molecular weight excluding hydrogens is 336 g/mol. The predicted molar refractivity (Wildman–Crippen MR) is 76.3 cm³/mol. The van der Waals surface area contributed by atoms with Gasteiger partial charge in [-0.15, -0.1) is 0 Å². The molecule has 2 N–H and O–H groups in total. The molecule has 0 aromatic heterocycles. The Bertz CT molecular complexity index is 399. The number of alkyl halides is 1. The first kappa shape index (κ1) is 16.7. The van der Waals surface area contributed by atoms with E-state index in [1.807, 2.05) is 4.72 Å². The number of carbonyl (C=O) groups is 1. The average molecular weight is 357 g/mol. The van der Waals surface area contributed by atoms with Crippen molar-refractivity contribution >= 4 is 32.2 Å². The molecule has 0 aromatic rings. The second-order valence-corrected chi connectivity index (χ2v) is 7.16. The van der Waals surface area contributed by atoms with Crippen molar-refractivity contribution in [2.45, 2.75) is 39.2 Å². The summed E-state index contributed by atoms with van der Waals surface area (Å²) in [5, 5.41) is 0.877. The van der Waals surface area contributed by atoms with E-state index < -0.39 is 16.3 Å². The van der Waals surface area contributed by atoms with Crippen LogP contribution in [0.1, 0.15) is 33.1 Å². The molecule has 0 radical (unpaired) electrons. The predicted octanol–water partition coefficient (Wildman–Crippen LogP) is 1.77. The Hall–Kier alpha value is -0.340. The zero-order chi connectivity index (χ0) is 14.5. The number of halogens is 1. The largest absolute Gasteiger partial charge is 0.446 e. The number of amides is 1. The van der Waals surface area contributed by atoms with Crippen LogP contribution in [0.3, 0.4) is 0 Å². The van der Waals surface area contributed by atoms with Crippen LogP contribution in [0.2, 0.25) is 0 Å². The third-order valence-electron chi connectivity index (χ3n) is 3.11. The topological polar surface area (TPSA) is 84.5 Å². The summed E-state index contributed by atoms with van der Waals surface area (Å²) in [6.07, 6.45) is 1.93. The van der Waals surface area contributed by atoms with Crippen molar-refractivity contribution in [3.63, 3.8) is 0 Å². The zero-order valence-corrected chi connectivity index (χ0v) is 13.6. The lowest BCUT2D eigenvalue weighted by Crippen LogP contribution is -2.43. The molecule has 0 heterocycles. The lowest BCUT2D eigenvalue weighted by molar-refractivity contribution is 0.121. The number of rotatable bonds is 6. The maximum atomic E-state index is 11.6. The molecule has 1 aliphatic carbocycles. The second-order valence-electron chi connectivity index (χ2n) is 5.01. The van der Waals surface area contributed by atoms with Gasteiger partial charge in [0.05, 0.1) is 6.10 Å². The summed E-state index contributed by atoms with van der Waals surface area (Å²) in [5.74, 6) is 0.808. The summed E-state index contributed by atoms with van der Waals surface area (Å²) in [6, 6.07) is 0. The highest BCUT2D eigenvalue weighted by Crippen LogP contribution is 2.32. The van der Waals surface area contributed by atoms with E-state index in [1.54, 1.807) is 13.8 Å². The third-order valence-corrected chi connectivity index (χ3v) is 4.92. The molecule has 19 heavy (non-hydrogen) atoms. The van der Waals surface area contributed by atoms with Gasteiger partial charge < -0.3 is 4.74 Å². The third kappa shape index (κ3) is 6.09. The Balaban J connectivity index is 2.40. The van der Waals surface area contributed by atoms with E-state index in [2.05, 4.69) is 20.7 Å². The van der Waals surface area contributed by atoms with E-state index in [-0.39, 0.29) is 6.10 Å². The maximum Gasteiger partial charge on any atom is 0.422 e. The minimum absolute atomic E-state index is 0.317. The van der Waals surface area contributed by atoms with Crippen LogP contribution in [-0.4, -0.2) is 32.5 Å². The standard InChI is InChI=1S/C11H21BrN2O4S/c1-8(2)18-11(15)14-19(16,17)13-7-10-5-3-4-9(10)6-12/h8-10,13H,3-7H2,1-2H3,(H,14,15). The number of hydrogen-bond acceptors (Lipinski definition) is 4. The molecule has 0 aliphatic heterocycles. The molecule has 0 bridgehead atoms. The fourth-order valence-electron chi connectivity index (χ4n) is 2.19. The van der Waals surface area contributed by atoms with Crippen LogP contribution in [0.4, 0.5) is 4.79 Å². The smallest absolute Gasteiger partial charge is 0.422 e. The van der Waals surface area contributed by atoms with Gasteiger partial charge in [-0.2, -0.15) is 13.1 Å². The summed E-state index contributed by atoms with van der Waals surface area (Å²) < 4.78 is 32.2. The molecule has 6 nitrogen and oxygen atoms in total. The van der Waals surface area contributed by atoms with Gasteiger partial charge in [-0.05, 0) is 38.5 Å². The van der Waals surface area contributed by atoms with Gasteiger partial charge in [-0.25, -0.2) is 9.52 Å². The van der Waals surface area contributed by atoms with E-state index >= 15 is 0 Å². The zero-order valence-electron chi connectivity index (χ0n) is 11.2. The molecule has 8 heteroatoms. The van der Waals surface area contributed by atoms with Gasteiger partial charge in [0.15, 0.2) is 0 Å². The number of carbonyl (C=O) groups excluding carboxylic acids is 1. The van der Waals surface area contributed by atoms with Gasteiger partial charge in [-0.3, -0.25) is 0 Å². The van der Waals surface area contributed by atoms with Gasteiger partial charge in [0.25, 0.3) is 0 Å². The summed E-state index contributed by atoms with van der Waals surface area (Å²) in [6.45, 7) is 3.65. The second kappa shape index (κ2) is 7.44. The first-order valence-electron chi connectivity index (χ1n) is 6.38. The first-order valence-corrected chi connectivity index (χ1v) is 8.98. The first-order chi connectivity index (χ1) is 8.84. The molecule has 1 saturated carbocycles. The molecule has 1 aliphatic rings. The van der Waals surface area contributed by atoms with Gasteiger partial charge in [-0.1, -0.05) is 22.4 Å². The molecule has 0 aromatic carbocycles. The van der Waals surface area contributed by atoms with Crippen LogP contribution in [0.5, 0.6) is 0 Å². The van der Waals surface area contributed by atoms with Crippen molar-refractivity contribution in [1.82, 2.24) is 9.44 Å². The van der Waals surface area contributed by atoms with E-state index in [4.69, 9.17) is 4.74 Å². The van der Waals surface area contributed by atoms with Gasteiger partial charge in [0.1, 0.15) is 0 Å².